The number of anilines is 1. The van der Waals surface area contributed by atoms with Crippen LogP contribution in [0.15, 0.2) is 6.33 Å². The topological polar surface area (TPSA) is 108 Å². The molecule has 0 bridgehead atoms. The summed E-state index contributed by atoms with van der Waals surface area (Å²) in [5.74, 6) is 1.82. The third-order valence-electron chi connectivity index (χ3n) is 5.96. The van der Waals surface area contributed by atoms with E-state index in [2.05, 4.69) is 44.0 Å². The summed E-state index contributed by atoms with van der Waals surface area (Å²) in [6.07, 6.45) is 3.57. The first-order chi connectivity index (χ1) is 13.4. The lowest BCUT2D eigenvalue weighted by atomic mass is 9.87. The van der Waals surface area contributed by atoms with Crippen LogP contribution in [0.25, 0.3) is 11.2 Å². The molecule has 0 radical (unpaired) electrons. The van der Waals surface area contributed by atoms with Gasteiger partial charge < -0.3 is 25.2 Å². The summed E-state index contributed by atoms with van der Waals surface area (Å²) in [5.41, 5.74) is 1.61. The van der Waals surface area contributed by atoms with Crippen molar-refractivity contribution in [3.63, 3.8) is 0 Å². The molecule has 2 aromatic rings. The Hall–Kier alpha value is -2.42. The van der Waals surface area contributed by atoms with Gasteiger partial charge in [-0.05, 0) is 59.0 Å². The summed E-state index contributed by atoms with van der Waals surface area (Å²) in [5, 5.41) is 16.6. The predicted octanol–water partition coefficient (Wildman–Crippen LogP) is 2.25. The molecule has 1 amide bonds. The van der Waals surface area contributed by atoms with E-state index in [0.717, 1.165) is 49.3 Å². The minimum atomic E-state index is -0.814. The molecule has 2 aliphatic heterocycles. The maximum absolute atomic E-state index is 11.7. The van der Waals surface area contributed by atoms with E-state index in [1.165, 1.54) is 0 Å². The number of imidazole rings is 1. The van der Waals surface area contributed by atoms with E-state index in [1.807, 2.05) is 13.3 Å². The molecule has 0 aliphatic carbocycles. The minimum Gasteiger partial charge on any atom is -0.465 e. The zero-order chi connectivity index (χ0) is 19.8. The number of aromatic nitrogens is 4. The van der Waals surface area contributed by atoms with Gasteiger partial charge in [0, 0.05) is 24.7 Å². The highest BCUT2D eigenvalue weighted by Gasteiger charge is 2.38. The Balaban J connectivity index is 1.58. The molecule has 2 fully saturated rings. The lowest BCUT2D eigenvalue weighted by Gasteiger charge is -2.41. The van der Waals surface area contributed by atoms with E-state index in [4.69, 9.17) is 0 Å². The Morgan fingerprint density at radius 1 is 1.36 bits per heavy atom. The molecule has 0 spiro atoms. The third kappa shape index (κ3) is 3.50. The van der Waals surface area contributed by atoms with Gasteiger partial charge in [-0.15, -0.1) is 0 Å². The average Bonchev–Trinajstić information content (AvgIpc) is 3.31. The standard InChI is InChI=1S/C19H29N7O2/c1-11(2)26-10-21-16-17(22-12(3)23-18(16)26)24-14-5-7-25(19(27)28)15(8-14)13-4-6-20-9-13/h10-11,13-15,20H,4-9H2,1-3H3,(H,27,28)(H,22,23,24). The van der Waals surface area contributed by atoms with E-state index >= 15 is 0 Å². The molecular weight excluding hydrogens is 358 g/mol. The molecule has 9 heteroatoms. The number of carbonyl (C=O) groups is 1. The zero-order valence-corrected chi connectivity index (χ0v) is 16.7. The van der Waals surface area contributed by atoms with Gasteiger partial charge in [-0.25, -0.2) is 19.7 Å². The van der Waals surface area contributed by atoms with Gasteiger partial charge in [-0.2, -0.15) is 0 Å². The van der Waals surface area contributed by atoms with Gasteiger partial charge in [-0.3, -0.25) is 0 Å². The van der Waals surface area contributed by atoms with E-state index in [9.17, 15) is 9.90 Å². The zero-order valence-electron chi connectivity index (χ0n) is 16.7. The van der Waals surface area contributed by atoms with E-state index in [0.29, 0.717) is 18.3 Å². The highest BCUT2D eigenvalue weighted by Crippen LogP contribution is 2.30. The summed E-state index contributed by atoms with van der Waals surface area (Å²) in [4.78, 5) is 27.1. The van der Waals surface area contributed by atoms with E-state index in [-0.39, 0.29) is 18.1 Å². The van der Waals surface area contributed by atoms with Crippen LogP contribution in [0.2, 0.25) is 0 Å². The van der Waals surface area contributed by atoms with Crippen LogP contribution in [-0.2, 0) is 0 Å². The number of rotatable bonds is 4. The van der Waals surface area contributed by atoms with Crippen LogP contribution in [0.5, 0.6) is 0 Å². The second-order valence-electron chi connectivity index (χ2n) is 8.20. The van der Waals surface area contributed by atoms with Crippen molar-refractivity contribution in [2.24, 2.45) is 5.92 Å². The van der Waals surface area contributed by atoms with Crippen LogP contribution >= 0.6 is 0 Å². The fourth-order valence-electron chi connectivity index (χ4n) is 4.52. The SMILES string of the molecule is Cc1nc(NC2CCN(C(=O)O)C(C3CCNC3)C2)c2ncn(C(C)C)c2n1. The Morgan fingerprint density at radius 3 is 2.86 bits per heavy atom. The monoisotopic (exact) mass is 387 g/mol. The summed E-state index contributed by atoms with van der Waals surface area (Å²) >= 11 is 0. The number of amides is 1. The molecule has 152 valence electrons. The van der Waals surface area contributed by atoms with Gasteiger partial charge in [0.2, 0.25) is 0 Å². The number of nitrogens with one attached hydrogen (secondary N) is 2. The number of piperidine rings is 1. The summed E-state index contributed by atoms with van der Waals surface area (Å²) in [6, 6.07) is 0.471. The summed E-state index contributed by atoms with van der Waals surface area (Å²) < 4.78 is 2.05. The molecule has 0 saturated carbocycles. The van der Waals surface area contributed by atoms with Crippen molar-refractivity contribution in [1.29, 1.82) is 0 Å². The Morgan fingerprint density at radius 2 is 2.18 bits per heavy atom. The van der Waals surface area contributed by atoms with Crippen LogP contribution in [0.3, 0.4) is 0 Å². The number of fused-ring (bicyclic) bond motifs is 1. The van der Waals surface area contributed by atoms with Gasteiger partial charge in [0.1, 0.15) is 11.3 Å². The first-order valence-electron chi connectivity index (χ1n) is 10.1. The van der Waals surface area contributed by atoms with Crippen LogP contribution < -0.4 is 10.6 Å². The van der Waals surface area contributed by atoms with Crippen molar-refractivity contribution >= 4 is 23.1 Å². The first kappa shape index (κ1) is 18.9. The minimum absolute atomic E-state index is 0.0328. The maximum Gasteiger partial charge on any atom is 0.407 e. The predicted molar refractivity (Wildman–Crippen MR) is 107 cm³/mol. The molecule has 3 atom stereocenters. The Labute approximate surface area is 164 Å². The van der Waals surface area contributed by atoms with Gasteiger partial charge in [-0.1, -0.05) is 0 Å². The highest BCUT2D eigenvalue weighted by molar-refractivity contribution is 5.83. The van der Waals surface area contributed by atoms with Crippen molar-refractivity contribution in [3.05, 3.63) is 12.2 Å². The number of carboxylic acid groups (broad SMARTS) is 1. The molecular formula is C19H29N7O2. The van der Waals surface area contributed by atoms with Crippen molar-refractivity contribution in [2.45, 2.75) is 58.2 Å². The number of hydrogen-bond acceptors (Lipinski definition) is 6. The molecule has 28 heavy (non-hydrogen) atoms. The van der Waals surface area contributed by atoms with Crippen LogP contribution in [0, 0.1) is 12.8 Å². The number of likely N-dealkylation sites (tertiary alicyclic amines) is 1. The molecule has 0 aromatic carbocycles. The van der Waals surface area contributed by atoms with Crippen LogP contribution in [-0.4, -0.2) is 67.3 Å². The molecule has 4 rings (SSSR count). The molecule has 2 aliphatic rings. The second-order valence-corrected chi connectivity index (χ2v) is 8.20. The van der Waals surface area contributed by atoms with Gasteiger partial charge >= 0.3 is 6.09 Å². The van der Waals surface area contributed by atoms with Gasteiger partial charge in [0.05, 0.1) is 6.33 Å². The largest absolute Gasteiger partial charge is 0.465 e. The second kappa shape index (κ2) is 7.54. The number of aryl methyl sites for hydroxylation is 1. The Bertz CT molecular complexity index is 859. The van der Waals surface area contributed by atoms with Crippen molar-refractivity contribution < 1.29 is 9.90 Å². The van der Waals surface area contributed by atoms with Crippen LogP contribution in [0.1, 0.15) is 45.0 Å². The van der Waals surface area contributed by atoms with Crippen molar-refractivity contribution in [2.75, 3.05) is 25.0 Å². The lowest BCUT2D eigenvalue weighted by molar-refractivity contribution is 0.0825. The first-order valence-corrected chi connectivity index (χ1v) is 10.1. The highest BCUT2D eigenvalue weighted by atomic mass is 16.4. The van der Waals surface area contributed by atoms with Crippen molar-refractivity contribution in [1.82, 2.24) is 29.7 Å². The summed E-state index contributed by atoms with van der Waals surface area (Å²) in [7, 11) is 0. The molecule has 3 N–H and O–H groups in total. The number of hydrogen-bond donors (Lipinski definition) is 3. The maximum atomic E-state index is 11.7. The molecule has 2 aromatic heterocycles. The van der Waals surface area contributed by atoms with Crippen molar-refractivity contribution in [3.8, 4) is 0 Å². The fraction of sp³-hybridized carbons (Fsp3) is 0.684. The van der Waals surface area contributed by atoms with E-state index in [1.54, 1.807) is 4.90 Å². The number of nitrogens with zero attached hydrogens (tertiary/aromatic N) is 5. The lowest BCUT2D eigenvalue weighted by Crippen LogP contribution is -2.52. The molecule has 3 unspecified atom stereocenters. The van der Waals surface area contributed by atoms with Crippen LogP contribution in [0.4, 0.5) is 10.6 Å². The Kier molecular flexibility index (Phi) is 5.09. The fourth-order valence-corrected chi connectivity index (χ4v) is 4.52. The third-order valence-corrected chi connectivity index (χ3v) is 5.96. The van der Waals surface area contributed by atoms with Gasteiger partial charge in [0.15, 0.2) is 11.5 Å². The molecule has 4 heterocycles. The van der Waals surface area contributed by atoms with E-state index < -0.39 is 6.09 Å². The smallest absolute Gasteiger partial charge is 0.407 e. The van der Waals surface area contributed by atoms with Gasteiger partial charge in [0.25, 0.3) is 0 Å². The summed E-state index contributed by atoms with van der Waals surface area (Å²) in [6.45, 7) is 8.49. The quantitative estimate of drug-likeness (QED) is 0.738. The molecule has 9 nitrogen and oxygen atoms in total. The normalized spacial score (nSPS) is 25.6. The molecule has 2 saturated heterocycles. The average molecular weight is 387 g/mol.